The van der Waals surface area contributed by atoms with Crippen LogP contribution in [0.3, 0.4) is 0 Å². The molecule has 124 valence electrons. The lowest BCUT2D eigenvalue weighted by Crippen LogP contribution is -2.36. The number of benzene rings is 1. The third-order valence-electron chi connectivity index (χ3n) is 3.53. The monoisotopic (exact) mass is 317 g/mol. The van der Waals surface area contributed by atoms with E-state index in [1.165, 1.54) is 0 Å². The van der Waals surface area contributed by atoms with Gasteiger partial charge < -0.3 is 19.7 Å². The third kappa shape index (κ3) is 4.52. The summed E-state index contributed by atoms with van der Waals surface area (Å²) in [6.07, 6.45) is 0.552. The Morgan fingerprint density at radius 1 is 1.43 bits per heavy atom. The number of hydrogen-bond acceptors (Lipinski definition) is 5. The Kier molecular flexibility index (Phi) is 4.99. The van der Waals surface area contributed by atoms with Crippen molar-refractivity contribution in [1.82, 2.24) is 4.90 Å². The summed E-state index contributed by atoms with van der Waals surface area (Å²) in [7, 11) is 1.57. The van der Waals surface area contributed by atoms with Gasteiger partial charge in [0, 0.05) is 25.2 Å². The van der Waals surface area contributed by atoms with Crippen molar-refractivity contribution in [2.45, 2.75) is 38.8 Å². The quantitative estimate of drug-likeness (QED) is 0.927. The second-order valence-electron chi connectivity index (χ2n) is 6.58. The van der Waals surface area contributed by atoms with Crippen molar-refractivity contribution in [3.05, 3.63) is 23.8 Å². The summed E-state index contributed by atoms with van der Waals surface area (Å²) in [4.78, 5) is 13.8. The van der Waals surface area contributed by atoms with E-state index < -0.39 is 5.60 Å². The Morgan fingerprint density at radius 2 is 2.17 bits per heavy atom. The lowest BCUT2D eigenvalue weighted by Gasteiger charge is -2.24. The molecule has 6 heteroatoms. The Labute approximate surface area is 137 Å². The maximum atomic E-state index is 12.1. The molecular weight excluding hydrogens is 294 g/mol. The van der Waals surface area contributed by atoms with Crippen LogP contribution in [0.2, 0.25) is 0 Å². The molecule has 1 aromatic rings. The number of nitriles is 1. The Morgan fingerprint density at radius 3 is 2.78 bits per heavy atom. The predicted octanol–water partition coefficient (Wildman–Crippen LogP) is 2.99. The fraction of sp³-hybridized carbons (Fsp3) is 0.529. The zero-order chi connectivity index (χ0) is 17.0. The number of nitrogens with zero attached hydrogens (tertiary/aromatic N) is 2. The number of rotatable bonds is 3. The smallest absolute Gasteiger partial charge is 0.410 e. The first-order valence-electron chi connectivity index (χ1n) is 7.65. The highest BCUT2D eigenvalue weighted by Crippen LogP contribution is 2.28. The fourth-order valence-corrected chi connectivity index (χ4v) is 2.47. The van der Waals surface area contributed by atoms with E-state index in [1.807, 2.05) is 26.8 Å². The van der Waals surface area contributed by atoms with Gasteiger partial charge in [0.05, 0.1) is 24.4 Å². The molecule has 2 rings (SSSR count). The van der Waals surface area contributed by atoms with Gasteiger partial charge in [0.2, 0.25) is 0 Å². The Balaban J connectivity index is 1.98. The number of anilines is 1. The van der Waals surface area contributed by atoms with Crippen molar-refractivity contribution in [1.29, 1.82) is 5.26 Å². The SMILES string of the molecule is COc1cc(C#N)ccc1NC1CCN(C(=O)OC(C)(C)C)C1. The van der Waals surface area contributed by atoms with E-state index in [-0.39, 0.29) is 12.1 Å². The molecule has 6 nitrogen and oxygen atoms in total. The summed E-state index contributed by atoms with van der Waals surface area (Å²) in [5, 5.41) is 12.3. The number of carbonyl (C=O) groups excluding carboxylic acids is 1. The third-order valence-corrected chi connectivity index (χ3v) is 3.53. The lowest BCUT2D eigenvalue weighted by atomic mass is 10.1. The zero-order valence-corrected chi connectivity index (χ0v) is 14.0. The van der Waals surface area contributed by atoms with Crippen LogP contribution in [-0.4, -0.2) is 42.8 Å². The van der Waals surface area contributed by atoms with Gasteiger partial charge in [-0.05, 0) is 39.3 Å². The van der Waals surface area contributed by atoms with Crippen LogP contribution in [0.15, 0.2) is 18.2 Å². The van der Waals surface area contributed by atoms with E-state index in [2.05, 4.69) is 11.4 Å². The van der Waals surface area contributed by atoms with Crippen LogP contribution in [0.25, 0.3) is 0 Å². The molecule has 1 heterocycles. The molecule has 0 aliphatic carbocycles. The number of likely N-dealkylation sites (tertiary alicyclic amines) is 1. The van der Waals surface area contributed by atoms with Gasteiger partial charge in [-0.2, -0.15) is 5.26 Å². The molecule has 1 N–H and O–H groups in total. The van der Waals surface area contributed by atoms with Crippen molar-refractivity contribution in [2.75, 3.05) is 25.5 Å². The Bertz CT molecular complexity index is 616. The summed E-state index contributed by atoms with van der Waals surface area (Å²) < 4.78 is 10.7. The van der Waals surface area contributed by atoms with Crippen molar-refractivity contribution >= 4 is 11.8 Å². The molecule has 0 aromatic heterocycles. The lowest BCUT2D eigenvalue weighted by molar-refractivity contribution is 0.0293. The minimum absolute atomic E-state index is 0.129. The maximum Gasteiger partial charge on any atom is 0.410 e. The Hall–Kier alpha value is -2.42. The summed E-state index contributed by atoms with van der Waals surface area (Å²) >= 11 is 0. The van der Waals surface area contributed by atoms with E-state index in [4.69, 9.17) is 14.7 Å². The van der Waals surface area contributed by atoms with Crippen LogP contribution < -0.4 is 10.1 Å². The zero-order valence-electron chi connectivity index (χ0n) is 14.0. The fourth-order valence-electron chi connectivity index (χ4n) is 2.47. The highest BCUT2D eigenvalue weighted by Gasteiger charge is 2.30. The molecule has 1 aliphatic rings. The van der Waals surface area contributed by atoms with Gasteiger partial charge in [-0.25, -0.2) is 4.79 Å². The van der Waals surface area contributed by atoms with Crippen molar-refractivity contribution in [2.24, 2.45) is 0 Å². The summed E-state index contributed by atoms with van der Waals surface area (Å²) in [6.45, 7) is 6.82. The van der Waals surface area contributed by atoms with Crippen LogP contribution >= 0.6 is 0 Å². The molecule has 0 spiro atoms. The van der Waals surface area contributed by atoms with Crippen molar-refractivity contribution in [3.8, 4) is 11.8 Å². The molecule has 1 atom stereocenters. The predicted molar refractivity (Wildman–Crippen MR) is 87.5 cm³/mol. The number of nitrogens with one attached hydrogen (secondary N) is 1. The topological polar surface area (TPSA) is 74.6 Å². The molecular formula is C17H23N3O3. The largest absolute Gasteiger partial charge is 0.495 e. The van der Waals surface area contributed by atoms with Crippen LogP contribution in [0, 0.1) is 11.3 Å². The molecule has 1 fully saturated rings. The van der Waals surface area contributed by atoms with Crippen LogP contribution in [0.1, 0.15) is 32.8 Å². The molecule has 1 unspecified atom stereocenters. The van der Waals surface area contributed by atoms with E-state index in [1.54, 1.807) is 24.1 Å². The molecule has 23 heavy (non-hydrogen) atoms. The van der Waals surface area contributed by atoms with Crippen molar-refractivity contribution in [3.63, 3.8) is 0 Å². The molecule has 1 aliphatic heterocycles. The second kappa shape index (κ2) is 6.78. The van der Waals surface area contributed by atoms with E-state index in [9.17, 15) is 4.79 Å². The van der Waals surface area contributed by atoms with Gasteiger partial charge in [-0.1, -0.05) is 0 Å². The number of ether oxygens (including phenoxy) is 2. The van der Waals surface area contributed by atoms with Crippen LogP contribution in [0.5, 0.6) is 5.75 Å². The molecule has 0 radical (unpaired) electrons. The van der Waals surface area contributed by atoms with Crippen LogP contribution in [-0.2, 0) is 4.74 Å². The normalized spacial score (nSPS) is 17.5. The number of carbonyl (C=O) groups is 1. The minimum Gasteiger partial charge on any atom is -0.495 e. The highest BCUT2D eigenvalue weighted by molar-refractivity contribution is 5.69. The van der Waals surface area contributed by atoms with Gasteiger partial charge in [-0.3, -0.25) is 0 Å². The average molecular weight is 317 g/mol. The average Bonchev–Trinajstić information content (AvgIpc) is 2.94. The number of methoxy groups -OCH3 is 1. The van der Waals surface area contributed by atoms with Gasteiger partial charge in [0.15, 0.2) is 0 Å². The summed E-state index contributed by atoms with van der Waals surface area (Å²) in [6, 6.07) is 7.48. The van der Waals surface area contributed by atoms with Gasteiger partial charge in [0.25, 0.3) is 0 Å². The molecule has 0 saturated carbocycles. The van der Waals surface area contributed by atoms with Crippen LogP contribution in [0.4, 0.5) is 10.5 Å². The van der Waals surface area contributed by atoms with Crippen molar-refractivity contribution < 1.29 is 14.3 Å². The molecule has 1 saturated heterocycles. The first-order chi connectivity index (χ1) is 10.8. The van der Waals surface area contributed by atoms with Gasteiger partial charge >= 0.3 is 6.09 Å². The van der Waals surface area contributed by atoms with E-state index >= 15 is 0 Å². The second-order valence-corrected chi connectivity index (χ2v) is 6.58. The van der Waals surface area contributed by atoms with E-state index in [0.29, 0.717) is 24.4 Å². The summed E-state index contributed by atoms with van der Waals surface area (Å²) in [5.74, 6) is 0.625. The maximum absolute atomic E-state index is 12.1. The van der Waals surface area contributed by atoms with Gasteiger partial charge in [0.1, 0.15) is 11.4 Å². The molecule has 1 aromatic carbocycles. The highest BCUT2D eigenvalue weighted by atomic mass is 16.6. The minimum atomic E-state index is -0.487. The molecule has 1 amide bonds. The number of amides is 1. The molecule has 0 bridgehead atoms. The summed E-state index contributed by atoms with van der Waals surface area (Å²) in [5.41, 5.74) is 0.885. The number of hydrogen-bond donors (Lipinski definition) is 1. The van der Waals surface area contributed by atoms with E-state index in [0.717, 1.165) is 12.1 Å². The first kappa shape index (κ1) is 16.9. The standard InChI is InChI=1S/C17H23N3O3/c1-17(2,3)23-16(21)20-8-7-13(11-20)19-14-6-5-12(10-18)9-15(14)22-4/h5-6,9,13,19H,7-8,11H2,1-4H3. The first-order valence-corrected chi connectivity index (χ1v) is 7.65. The van der Waals surface area contributed by atoms with Gasteiger partial charge in [-0.15, -0.1) is 0 Å².